The van der Waals surface area contributed by atoms with E-state index in [-0.39, 0.29) is 30.2 Å². The summed E-state index contributed by atoms with van der Waals surface area (Å²) in [4.78, 5) is 27.9. The van der Waals surface area contributed by atoms with Gasteiger partial charge in [-0.1, -0.05) is 72.9 Å². The summed E-state index contributed by atoms with van der Waals surface area (Å²) in [5.74, 6) is 0.407. The number of amides is 2. The van der Waals surface area contributed by atoms with Crippen molar-refractivity contribution in [1.29, 1.82) is 0 Å². The fraction of sp³-hybridized carbons (Fsp3) is 0.417. The molecule has 0 unspecified atom stereocenters. The molecule has 0 heterocycles. The molecule has 2 aromatic carbocycles. The van der Waals surface area contributed by atoms with Crippen molar-refractivity contribution in [3.63, 3.8) is 0 Å². The molecule has 0 bridgehead atoms. The molecule has 0 radical (unpaired) electrons. The zero-order valence-electron chi connectivity index (χ0n) is 18.5. The van der Waals surface area contributed by atoms with Gasteiger partial charge >= 0.3 is 0 Å². The summed E-state index contributed by atoms with van der Waals surface area (Å²) >= 11 is 20.3. The zero-order chi connectivity index (χ0) is 23.7. The van der Waals surface area contributed by atoms with Crippen LogP contribution in [0.2, 0.25) is 15.1 Å². The van der Waals surface area contributed by atoms with Gasteiger partial charge in [0.15, 0.2) is 0 Å². The topological polar surface area (TPSA) is 49.4 Å². The molecule has 0 aromatic heterocycles. The smallest absolute Gasteiger partial charge is 0.243 e. The Kier molecular flexibility index (Phi) is 11.2. The molecule has 2 atom stereocenters. The van der Waals surface area contributed by atoms with Gasteiger partial charge in [-0.15, -0.1) is 11.8 Å². The SMILES string of the molecule is CC[C@@H](C)NC(=O)[C@@H](CC)N(Cc1ccccc1Cl)C(=O)CSCc1c(Cl)cccc1Cl. The third-order valence-electron chi connectivity index (χ3n) is 5.22. The summed E-state index contributed by atoms with van der Waals surface area (Å²) in [5, 5.41) is 4.72. The highest BCUT2D eigenvalue weighted by Gasteiger charge is 2.29. The lowest BCUT2D eigenvalue weighted by Gasteiger charge is -2.31. The van der Waals surface area contributed by atoms with E-state index in [9.17, 15) is 9.59 Å². The molecule has 0 saturated heterocycles. The maximum absolute atomic E-state index is 13.3. The van der Waals surface area contributed by atoms with E-state index >= 15 is 0 Å². The average molecular weight is 516 g/mol. The van der Waals surface area contributed by atoms with Crippen molar-refractivity contribution >= 4 is 58.4 Å². The minimum absolute atomic E-state index is 0.0329. The fourth-order valence-electron chi connectivity index (χ4n) is 3.16. The predicted octanol–water partition coefficient (Wildman–Crippen LogP) is 6.60. The van der Waals surface area contributed by atoms with Crippen LogP contribution >= 0.6 is 46.6 Å². The Morgan fingerprint density at radius 2 is 1.59 bits per heavy atom. The minimum atomic E-state index is -0.586. The van der Waals surface area contributed by atoms with Crippen molar-refractivity contribution in [2.24, 2.45) is 0 Å². The second-order valence-corrected chi connectivity index (χ2v) is 9.76. The Balaban J connectivity index is 2.19. The molecule has 0 aliphatic carbocycles. The normalized spacial score (nSPS) is 12.8. The third-order valence-corrected chi connectivity index (χ3v) is 7.24. The lowest BCUT2D eigenvalue weighted by molar-refractivity contribution is -0.139. The maximum Gasteiger partial charge on any atom is 0.243 e. The molecule has 2 aromatic rings. The minimum Gasteiger partial charge on any atom is -0.352 e. The molecule has 0 aliphatic rings. The Morgan fingerprint density at radius 1 is 0.969 bits per heavy atom. The fourth-order valence-corrected chi connectivity index (χ4v) is 5.01. The maximum atomic E-state index is 13.3. The number of hydrogen-bond donors (Lipinski definition) is 1. The van der Waals surface area contributed by atoms with E-state index in [0.29, 0.717) is 27.2 Å². The Bertz CT molecular complexity index is 906. The highest BCUT2D eigenvalue weighted by atomic mass is 35.5. The lowest BCUT2D eigenvalue weighted by Crippen LogP contribution is -2.51. The van der Waals surface area contributed by atoms with Crippen LogP contribution < -0.4 is 5.32 Å². The number of nitrogens with zero attached hydrogens (tertiary/aromatic N) is 1. The van der Waals surface area contributed by atoms with Crippen LogP contribution in [-0.4, -0.2) is 34.6 Å². The van der Waals surface area contributed by atoms with Crippen molar-refractivity contribution in [3.8, 4) is 0 Å². The number of halogens is 3. The molecular weight excluding hydrogens is 487 g/mol. The van der Waals surface area contributed by atoms with Gasteiger partial charge in [-0.25, -0.2) is 0 Å². The van der Waals surface area contributed by atoms with Gasteiger partial charge in [0.05, 0.1) is 5.75 Å². The van der Waals surface area contributed by atoms with Crippen LogP contribution in [-0.2, 0) is 21.9 Å². The van der Waals surface area contributed by atoms with Gasteiger partial charge in [-0.05, 0) is 49.1 Å². The number of hydrogen-bond acceptors (Lipinski definition) is 3. The molecule has 0 spiro atoms. The van der Waals surface area contributed by atoms with Crippen molar-refractivity contribution < 1.29 is 9.59 Å². The summed E-state index contributed by atoms with van der Waals surface area (Å²) < 4.78 is 0. The Morgan fingerprint density at radius 3 is 2.19 bits per heavy atom. The summed E-state index contributed by atoms with van der Waals surface area (Å²) in [7, 11) is 0. The monoisotopic (exact) mass is 514 g/mol. The number of benzene rings is 2. The molecule has 2 amide bonds. The predicted molar refractivity (Wildman–Crippen MR) is 137 cm³/mol. The van der Waals surface area contributed by atoms with E-state index in [4.69, 9.17) is 34.8 Å². The summed E-state index contributed by atoms with van der Waals surface area (Å²) in [5.41, 5.74) is 1.60. The quantitative estimate of drug-likeness (QED) is 0.367. The number of rotatable bonds is 11. The van der Waals surface area contributed by atoms with Gasteiger partial charge in [0.2, 0.25) is 11.8 Å². The van der Waals surface area contributed by atoms with Gasteiger partial charge in [0.1, 0.15) is 6.04 Å². The number of carbonyl (C=O) groups is 2. The zero-order valence-corrected chi connectivity index (χ0v) is 21.6. The standard InChI is InChI=1S/C24H29Cl3N2O2S/c1-4-16(3)28-24(31)22(5-2)29(13-17-9-6-7-10-19(17)25)23(30)15-32-14-18-20(26)11-8-12-21(18)27/h6-12,16,22H,4-5,13-15H2,1-3H3,(H,28,31)/t16-,22-/m1/s1. The van der Waals surface area contributed by atoms with E-state index in [1.54, 1.807) is 29.2 Å². The molecule has 174 valence electrons. The largest absolute Gasteiger partial charge is 0.352 e. The van der Waals surface area contributed by atoms with Crippen LogP contribution in [0.15, 0.2) is 42.5 Å². The van der Waals surface area contributed by atoms with Crippen LogP contribution in [0.4, 0.5) is 0 Å². The number of thioether (sulfide) groups is 1. The van der Waals surface area contributed by atoms with E-state index in [0.717, 1.165) is 17.5 Å². The van der Waals surface area contributed by atoms with E-state index in [1.165, 1.54) is 11.8 Å². The van der Waals surface area contributed by atoms with Crippen molar-refractivity contribution in [1.82, 2.24) is 10.2 Å². The first-order valence-corrected chi connectivity index (χ1v) is 12.9. The van der Waals surface area contributed by atoms with Gasteiger partial charge in [-0.3, -0.25) is 9.59 Å². The molecule has 0 aliphatic heterocycles. The van der Waals surface area contributed by atoms with Crippen LogP contribution in [0, 0.1) is 0 Å². The average Bonchev–Trinajstić information content (AvgIpc) is 2.76. The number of carbonyl (C=O) groups excluding carboxylic acids is 2. The van der Waals surface area contributed by atoms with Gasteiger partial charge in [0.25, 0.3) is 0 Å². The van der Waals surface area contributed by atoms with Crippen molar-refractivity contribution in [2.45, 2.75) is 58.0 Å². The van der Waals surface area contributed by atoms with Gasteiger partial charge in [0, 0.05) is 33.4 Å². The van der Waals surface area contributed by atoms with Crippen molar-refractivity contribution in [2.75, 3.05) is 5.75 Å². The summed E-state index contributed by atoms with van der Waals surface area (Å²) in [6.45, 7) is 6.13. The first-order chi connectivity index (χ1) is 15.3. The molecule has 1 N–H and O–H groups in total. The Labute approximate surface area is 210 Å². The second kappa shape index (κ2) is 13.3. The molecule has 8 heteroatoms. The lowest BCUT2D eigenvalue weighted by atomic mass is 10.1. The molecule has 32 heavy (non-hydrogen) atoms. The van der Waals surface area contributed by atoms with Gasteiger partial charge < -0.3 is 10.2 Å². The van der Waals surface area contributed by atoms with E-state index < -0.39 is 6.04 Å². The third kappa shape index (κ3) is 7.58. The van der Waals surface area contributed by atoms with Crippen LogP contribution in [0.3, 0.4) is 0 Å². The van der Waals surface area contributed by atoms with Gasteiger partial charge in [-0.2, -0.15) is 0 Å². The first kappa shape index (κ1) is 26.8. The van der Waals surface area contributed by atoms with Crippen LogP contribution in [0.25, 0.3) is 0 Å². The Hall–Kier alpha value is -1.40. The molecule has 4 nitrogen and oxygen atoms in total. The summed E-state index contributed by atoms with van der Waals surface area (Å²) in [6.07, 6.45) is 1.31. The molecular formula is C24H29Cl3N2O2S. The molecule has 0 saturated carbocycles. The number of nitrogens with one attached hydrogen (secondary N) is 1. The second-order valence-electron chi connectivity index (χ2n) is 7.55. The molecule has 2 rings (SSSR count). The highest BCUT2D eigenvalue weighted by Crippen LogP contribution is 2.29. The van der Waals surface area contributed by atoms with E-state index in [1.807, 2.05) is 39.0 Å². The van der Waals surface area contributed by atoms with E-state index in [2.05, 4.69) is 5.32 Å². The van der Waals surface area contributed by atoms with Crippen LogP contribution in [0.5, 0.6) is 0 Å². The first-order valence-electron chi connectivity index (χ1n) is 10.6. The van der Waals surface area contributed by atoms with Crippen LogP contribution in [0.1, 0.15) is 44.7 Å². The highest BCUT2D eigenvalue weighted by molar-refractivity contribution is 7.99. The summed E-state index contributed by atoms with van der Waals surface area (Å²) in [6, 6.07) is 12.2. The van der Waals surface area contributed by atoms with Crippen molar-refractivity contribution in [3.05, 3.63) is 68.7 Å². The molecule has 0 fully saturated rings.